The van der Waals surface area contributed by atoms with Crippen molar-refractivity contribution < 1.29 is 4.42 Å². The fraction of sp³-hybridized carbons (Fsp3) is 0.100. The van der Waals surface area contributed by atoms with Crippen LogP contribution in [0.4, 0.5) is 5.82 Å². The first-order valence-corrected chi connectivity index (χ1v) is 4.37. The van der Waals surface area contributed by atoms with Gasteiger partial charge in [-0.25, -0.2) is 4.68 Å². The molecule has 2 aromatic heterocycles. The summed E-state index contributed by atoms with van der Waals surface area (Å²) in [5.41, 5.74) is 8.15. The molecule has 0 saturated carbocycles. The van der Waals surface area contributed by atoms with Crippen LogP contribution >= 0.6 is 12.4 Å². The lowest BCUT2D eigenvalue weighted by Crippen LogP contribution is -1.96. The number of benzene rings is 1. The van der Waals surface area contributed by atoms with E-state index in [1.54, 1.807) is 11.7 Å². The molecule has 0 aliphatic carbocycles. The van der Waals surface area contributed by atoms with Crippen molar-refractivity contribution >= 4 is 40.3 Å². The fourth-order valence-corrected chi connectivity index (χ4v) is 1.66. The van der Waals surface area contributed by atoms with E-state index in [2.05, 4.69) is 5.10 Å². The van der Waals surface area contributed by atoms with Gasteiger partial charge in [0.2, 0.25) is 0 Å². The van der Waals surface area contributed by atoms with Crippen molar-refractivity contribution in [1.82, 2.24) is 9.78 Å². The molecule has 0 spiro atoms. The predicted molar refractivity (Wildman–Crippen MR) is 62.1 cm³/mol. The Morgan fingerprint density at radius 2 is 2.07 bits per heavy atom. The van der Waals surface area contributed by atoms with Crippen LogP contribution in [0.5, 0.6) is 0 Å². The normalized spacial score (nSPS) is 10.7. The van der Waals surface area contributed by atoms with Crippen molar-refractivity contribution in [3.63, 3.8) is 0 Å². The zero-order chi connectivity index (χ0) is 9.71. The average molecular weight is 224 g/mol. The predicted octanol–water partition coefficient (Wildman–Crippen LogP) is 2.32. The second kappa shape index (κ2) is 3.17. The van der Waals surface area contributed by atoms with E-state index in [1.807, 2.05) is 24.3 Å². The van der Waals surface area contributed by atoms with Gasteiger partial charge in [-0.15, -0.1) is 12.4 Å². The lowest BCUT2D eigenvalue weighted by atomic mass is 10.2. The molecule has 0 bridgehead atoms. The molecular formula is C10H10ClN3O. The van der Waals surface area contributed by atoms with Gasteiger partial charge in [-0.2, -0.15) is 5.10 Å². The van der Waals surface area contributed by atoms with Crippen LogP contribution in [-0.2, 0) is 7.05 Å². The van der Waals surface area contributed by atoms with E-state index in [-0.39, 0.29) is 12.4 Å². The number of halogens is 1. The van der Waals surface area contributed by atoms with Gasteiger partial charge in [0.05, 0.1) is 0 Å². The van der Waals surface area contributed by atoms with Crippen molar-refractivity contribution in [3.05, 3.63) is 24.3 Å². The Labute approximate surface area is 92.1 Å². The van der Waals surface area contributed by atoms with Crippen LogP contribution < -0.4 is 5.73 Å². The highest BCUT2D eigenvalue weighted by atomic mass is 35.5. The molecule has 15 heavy (non-hydrogen) atoms. The minimum atomic E-state index is 0. The Kier molecular flexibility index (Phi) is 2.08. The monoisotopic (exact) mass is 223 g/mol. The highest BCUT2D eigenvalue weighted by Crippen LogP contribution is 2.30. The maximum absolute atomic E-state index is 5.81. The Hall–Kier alpha value is -1.68. The summed E-state index contributed by atoms with van der Waals surface area (Å²) in [5.74, 6) is 0.566. The second-order valence-electron chi connectivity index (χ2n) is 3.28. The molecule has 1 aromatic carbocycles. The number of hydrogen-bond donors (Lipinski definition) is 1. The zero-order valence-electron chi connectivity index (χ0n) is 8.10. The van der Waals surface area contributed by atoms with Crippen molar-refractivity contribution in [2.24, 2.45) is 7.05 Å². The third-order valence-corrected chi connectivity index (χ3v) is 2.40. The summed E-state index contributed by atoms with van der Waals surface area (Å²) in [5, 5.41) is 5.31. The van der Waals surface area contributed by atoms with Crippen LogP contribution in [0.2, 0.25) is 0 Å². The summed E-state index contributed by atoms with van der Waals surface area (Å²) in [6, 6.07) is 7.78. The number of hydrogen-bond acceptors (Lipinski definition) is 3. The average Bonchev–Trinajstić information content (AvgIpc) is 2.67. The van der Waals surface area contributed by atoms with Crippen molar-refractivity contribution in [1.29, 1.82) is 0 Å². The molecule has 0 aliphatic heterocycles. The number of aryl methyl sites for hydroxylation is 1. The molecule has 5 heteroatoms. The number of nitrogens with zero attached hydrogens (tertiary/aromatic N) is 2. The highest BCUT2D eigenvalue weighted by Gasteiger charge is 2.13. The van der Waals surface area contributed by atoms with Gasteiger partial charge >= 0.3 is 0 Å². The summed E-state index contributed by atoms with van der Waals surface area (Å²) in [7, 11) is 1.81. The molecule has 0 unspecified atom stereocenters. The lowest BCUT2D eigenvalue weighted by Gasteiger charge is -1.91. The smallest absolute Gasteiger partial charge is 0.197 e. The number of para-hydroxylation sites is 1. The largest absolute Gasteiger partial charge is 0.450 e. The first-order chi connectivity index (χ1) is 6.77. The molecule has 4 nitrogen and oxygen atoms in total. The van der Waals surface area contributed by atoms with Gasteiger partial charge < -0.3 is 10.2 Å². The summed E-state index contributed by atoms with van der Waals surface area (Å²) in [6.07, 6.45) is 0. The van der Waals surface area contributed by atoms with Gasteiger partial charge in [-0.3, -0.25) is 0 Å². The number of rotatable bonds is 0. The summed E-state index contributed by atoms with van der Waals surface area (Å²) in [6.45, 7) is 0. The Morgan fingerprint density at radius 3 is 2.87 bits per heavy atom. The van der Waals surface area contributed by atoms with Gasteiger partial charge in [0.25, 0.3) is 0 Å². The van der Waals surface area contributed by atoms with Crippen molar-refractivity contribution in [2.45, 2.75) is 0 Å². The minimum absolute atomic E-state index is 0. The zero-order valence-corrected chi connectivity index (χ0v) is 8.91. The maximum Gasteiger partial charge on any atom is 0.197 e. The molecule has 3 rings (SSSR count). The quantitative estimate of drug-likeness (QED) is 0.636. The first kappa shape index (κ1) is 9.86. The molecule has 0 saturated heterocycles. The van der Waals surface area contributed by atoms with Crippen LogP contribution in [-0.4, -0.2) is 9.78 Å². The standard InChI is InChI=1S/C10H9N3O.ClH/c1-13-10(11)9-8(12-13)6-4-2-3-5-7(6)14-9;/h2-5H,11H2,1H3;1H. The Morgan fingerprint density at radius 1 is 1.33 bits per heavy atom. The molecule has 0 amide bonds. The van der Waals surface area contributed by atoms with Crippen molar-refractivity contribution in [3.8, 4) is 0 Å². The molecule has 0 fully saturated rings. The molecule has 0 aliphatic rings. The number of nitrogens with two attached hydrogens (primary N) is 1. The van der Waals surface area contributed by atoms with E-state index in [9.17, 15) is 0 Å². The van der Waals surface area contributed by atoms with E-state index in [1.165, 1.54) is 0 Å². The van der Waals surface area contributed by atoms with E-state index in [0.717, 1.165) is 16.5 Å². The van der Waals surface area contributed by atoms with Gasteiger partial charge in [0.1, 0.15) is 11.1 Å². The summed E-state index contributed by atoms with van der Waals surface area (Å²) < 4.78 is 7.22. The van der Waals surface area contributed by atoms with E-state index in [0.29, 0.717) is 11.4 Å². The maximum atomic E-state index is 5.81. The molecule has 78 valence electrons. The van der Waals surface area contributed by atoms with Gasteiger partial charge in [-0.05, 0) is 12.1 Å². The third kappa shape index (κ3) is 1.18. The molecule has 0 radical (unpaired) electrons. The highest BCUT2D eigenvalue weighted by molar-refractivity contribution is 6.05. The lowest BCUT2D eigenvalue weighted by molar-refractivity contribution is 0.667. The molecule has 2 N–H and O–H groups in total. The van der Waals surface area contributed by atoms with E-state index < -0.39 is 0 Å². The number of aromatic nitrogens is 2. The first-order valence-electron chi connectivity index (χ1n) is 4.37. The summed E-state index contributed by atoms with van der Waals surface area (Å²) in [4.78, 5) is 0. The van der Waals surface area contributed by atoms with E-state index in [4.69, 9.17) is 10.2 Å². The number of nitrogen functional groups attached to an aromatic ring is 1. The molecular weight excluding hydrogens is 214 g/mol. The number of furan rings is 1. The van der Waals surface area contributed by atoms with Gasteiger partial charge in [0.15, 0.2) is 11.4 Å². The van der Waals surface area contributed by atoms with Crippen molar-refractivity contribution in [2.75, 3.05) is 5.73 Å². The third-order valence-electron chi connectivity index (χ3n) is 2.40. The number of anilines is 1. The van der Waals surface area contributed by atoms with Crippen LogP contribution in [0.25, 0.3) is 22.1 Å². The SMILES string of the molecule is Cl.Cn1nc2c(oc3ccccc32)c1N. The molecule has 0 atom stereocenters. The Bertz CT molecular complexity index is 626. The second-order valence-corrected chi connectivity index (χ2v) is 3.28. The van der Waals surface area contributed by atoms with Crippen LogP contribution in [0.1, 0.15) is 0 Å². The van der Waals surface area contributed by atoms with E-state index >= 15 is 0 Å². The van der Waals surface area contributed by atoms with Crippen LogP contribution in [0.15, 0.2) is 28.7 Å². The van der Waals surface area contributed by atoms with Crippen LogP contribution in [0, 0.1) is 0 Å². The van der Waals surface area contributed by atoms with Crippen LogP contribution in [0.3, 0.4) is 0 Å². The van der Waals surface area contributed by atoms with Gasteiger partial charge in [0, 0.05) is 12.4 Å². The molecule has 3 aromatic rings. The molecule has 2 heterocycles. The minimum Gasteiger partial charge on any atom is -0.450 e. The topological polar surface area (TPSA) is 57.0 Å². The number of fused-ring (bicyclic) bond motifs is 3. The fourth-order valence-electron chi connectivity index (χ4n) is 1.66. The Balaban J connectivity index is 0.000000853. The van der Waals surface area contributed by atoms with Gasteiger partial charge in [-0.1, -0.05) is 12.1 Å². The summed E-state index contributed by atoms with van der Waals surface area (Å²) >= 11 is 0.